The minimum absolute atomic E-state index is 0.0345. The first-order chi connectivity index (χ1) is 8.11. The third-order valence-electron chi connectivity index (χ3n) is 2.94. The van der Waals surface area contributed by atoms with Gasteiger partial charge in [0.05, 0.1) is 0 Å². The highest BCUT2D eigenvalue weighted by molar-refractivity contribution is 7.98. The number of ether oxygens (including phenoxy) is 1. The Balaban J connectivity index is 1.94. The second-order valence-electron chi connectivity index (χ2n) is 5.15. The highest BCUT2D eigenvalue weighted by atomic mass is 32.2. The van der Waals surface area contributed by atoms with Gasteiger partial charge in [0.1, 0.15) is 11.4 Å². The van der Waals surface area contributed by atoms with Gasteiger partial charge in [0.25, 0.3) is 0 Å². The first kappa shape index (κ1) is 12.8. The van der Waals surface area contributed by atoms with Gasteiger partial charge in [0.15, 0.2) is 0 Å². The van der Waals surface area contributed by atoms with Crippen LogP contribution in [0.15, 0.2) is 18.2 Å². The zero-order valence-corrected chi connectivity index (χ0v) is 11.7. The zero-order valence-electron chi connectivity index (χ0n) is 10.9. The van der Waals surface area contributed by atoms with Crippen LogP contribution < -0.4 is 10.1 Å². The Kier molecular flexibility index (Phi) is 4.00. The molecule has 17 heavy (non-hydrogen) atoms. The minimum atomic E-state index is -0.0345. The molecule has 0 atom stereocenters. The first-order valence-corrected chi connectivity index (χ1v) is 7.50. The lowest BCUT2D eigenvalue weighted by Crippen LogP contribution is -2.24. The average Bonchev–Trinajstić information content (AvgIpc) is 2.57. The van der Waals surface area contributed by atoms with E-state index in [9.17, 15) is 0 Å². The van der Waals surface area contributed by atoms with Crippen molar-refractivity contribution in [1.29, 1.82) is 0 Å². The van der Waals surface area contributed by atoms with Crippen molar-refractivity contribution < 1.29 is 4.74 Å². The highest BCUT2D eigenvalue weighted by Crippen LogP contribution is 2.35. The fourth-order valence-corrected chi connectivity index (χ4v) is 2.53. The molecule has 1 heterocycles. The summed E-state index contributed by atoms with van der Waals surface area (Å²) in [4.78, 5) is 0. The van der Waals surface area contributed by atoms with Crippen molar-refractivity contribution in [2.45, 2.75) is 32.4 Å². The number of benzene rings is 1. The molecule has 1 aromatic carbocycles. The van der Waals surface area contributed by atoms with E-state index in [4.69, 9.17) is 4.74 Å². The molecule has 2 nitrogen and oxygen atoms in total. The second-order valence-corrected chi connectivity index (χ2v) is 6.14. The van der Waals surface area contributed by atoms with Gasteiger partial charge in [0.2, 0.25) is 0 Å². The number of fused-ring (bicyclic) bond motifs is 1. The number of hydrogen-bond donors (Lipinski definition) is 1. The molecular formula is C14H21NOS. The summed E-state index contributed by atoms with van der Waals surface area (Å²) in [7, 11) is 0. The number of thioether (sulfide) groups is 1. The first-order valence-electron chi connectivity index (χ1n) is 6.11. The maximum Gasteiger partial charge on any atom is 0.123 e. The van der Waals surface area contributed by atoms with Gasteiger partial charge in [0, 0.05) is 25.3 Å². The van der Waals surface area contributed by atoms with Crippen LogP contribution in [0.3, 0.4) is 0 Å². The molecule has 0 radical (unpaired) electrons. The van der Waals surface area contributed by atoms with E-state index in [1.54, 1.807) is 0 Å². The topological polar surface area (TPSA) is 21.3 Å². The van der Waals surface area contributed by atoms with Gasteiger partial charge in [-0.15, -0.1) is 0 Å². The van der Waals surface area contributed by atoms with Crippen molar-refractivity contribution in [3.8, 4) is 5.75 Å². The normalized spacial score (nSPS) is 16.6. The monoisotopic (exact) mass is 251 g/mol. The zero-order chi connectivity index (χ0) is 12.3. The number of rotatable bonds is 5. The van der Waals surface area contributed by atoms with E-state index in [1.807, 2.05) is 11.8 Å². The smallest absolute Gasteiger partial charge is 0.123 e. The van der Waals surface area contributed by atoms with E-state index >= 15 is 0 Å². The molecule has 0 saturated carbocycles. The van der Waals surface area contributed by atoms with Gasteiger partial charge in [-0.25, -0.2) is 0 Å². The summed E-state index contributed by atoms with van der Waals surface area (Å²) in [6.45, 7) is 6.31. The predicted molar refractivity (Wildman–Crippen MR) is 74.9 cm³/mol. The Labute approximate surface area is 108 Å². The van der Waals surface area contributed by atoms with Crippen LogP contribution in [-0.4, -0.2) is 24.2 Å². The Bertz CT molecular complexity index is 390. The van der Waals surface area contributed by atoms with Crippen LogP contribution in [0, 0.1) is 0 Å². The van der Waals surface area contributed by atoms with Crippen LogP contribution in [0.25, 0.3) is 0 Å². The van der Waals surface area contributed by atoms with E-state index in [1.165, 1.54) is 16.9 Å². The van der Waals surface area contributed by atoms with Crippen molar-refractivity contribution in [3.63, 3.8) is 0 Å². The van der Waals surface area contributed by atoms with Crippen molar-refractivity contribution in [2.75, 3.05) is 18.6 Å². The van der Waals surface area contributed by atoms with Crippen LogP contribution in [0.4, 0.5) is 0 Å². The molecule has 0 spiro atoms. The lowest BCUT2D eigenvalue weighted by Gasteiger charge is -2.16. The van der Waals surface area contributed by atoms with Gasteiger partial charge < -0.3 is 10.1 Å². The van der Waals surface area contributed by atoms with Crippen LogP contribution in [0.5, 0.6) is 5.75 Å². The van der Waals surface area contributed by atoms with Crippen LogP contribution in [0.1, 0.15) is 25.0 Å². The summed E-state index contributed by atoms with van der Waals surface area (Å²) in [6.07, 6.45) is 3.15. The Morgan fingerprint density at radius 1 is 1.41 bits per heavy atom. The number of nitrogens with one attached hydrogen (secondary N) is 1. The summed E-state index contributed by atoms with van der Waals surface area (Å²) in [5, 5.41) is 3.45. The van der Waals surface area contributed by atoms with E-state index in [0.717, 1.165) is 25.3 Å². The SMILES string of the molecule is CSCCNCc1ccc2c(c1)CC(C)(C)O2. The third-order valence-corrected chi connectivity index (χ3v) is 3.55. The highest BCUT2D eigenvalue weighted by Gasteiger charge is 2.29. The summed E-state index contributed by atoms with van der Waals surface area (Å²) in [5.74, 6) is 2.23. The lowest BCUT2D eigenvalue weighted by molar-refractivity contribution is 0.138. The summed E-state index contributed by atoms with van der Waals surface area (Å²) >= 11 is 1.87. The maximum absolute atomic E-state index is 5.87. The summed E-state index contributed by atoms with van der Waals surface area (Å²) in [6, 6.07) is 6.54. The van der Waals surface area contributed by atoms with E-state index in [-0.39, 0.29) is 5.60 Å². The molecule has 2 rings (SSSR count). The largest absolute Gasteiger partial charge is 0.487 e. The molecule has 1 aromatic rings. The molecule has 0 saturated heterocycles. The van der Waals surface area contributed by atoms with Crippen molar-refractivity contribution in [1.82, 2.24) is 5.32 Å². The van der Waals surface area contributed by atoms with E-state index in [2.05, 4.69) is 43.6 Å². The molecule has 0 bridgehead atoms. The molecule has 0 amide bonds. The minimum Gasteiger partial charge on any atom is -0.487 e. The quantitative estimate of drug-likeness (QED) is 0.813. The molecule has 3 heteroatoms. The Morgan fingerprint density at radius 3 is 3.00 bits per heavy atom. The van der Waals surface area contributed by atoms with Gasteiger partial charge in [-0.05, 0) is 37.3 Å². The molecule has 1 N–H and O–H groups in total. The fourth-order valence-electron chi connectivity index (χ4n) is 2.18. The van der Waals surface area contributed by atoms with Crippen molar-refractivity contribution >= 4 is 11.8 Å². The molecule has 0 unspecified atom stereocenters. The molecule has 0 aromatic heterocycles. The molecule has 1 aliphatic rings. The lowest BCUT2D eigenvalue weighted by atomic mass is 10.0. The van der Waals surface area contributed by atoms with Gasteiger partial charge in [-0.1, -0.05) is 12.1 Å². The van der Waals surface area contributed by atoms with Gasteiger partial charge in [-0.3, -0.25) is 0 Å². The third kappa shape index (κ3) is 3.39. The van der Waals surface area contributed by atoms with Crippen LogP contribution >= 0.6 is 11.8 Å². The van der Waals surface area contributed by atoms with Crippen molar-refractivity contribution in [3.05, 3.63) is 29.3 Å². The van der Waals surface area contributed by atoms with Gasteiger partial charge in [-0.2, -0.15) is 11.8 Å². The number of hydrogen-bond acceptors (Lipinski definition) is 3. The Morgan fingerprint density at radius 2 is 2.24 bits per heavy atom. The molecule has 0 fully saturated rings. The molecule has 1 aliphatic heterocycles. The molecule has 94 valence electrons. The standard InChI is InChI=1S/C14H21NOS/c1-14(2)9-12-8-11(4-5-13(12)16-14)10-15-6-7-17-3/h4-5,8,15H,6-7,9-10H2,1-3H3. The molecular weight excluding hydrogens is 230 g/mol. The predicted octanol–water partition coefficient (Wildman–Crippen LogP) is 2.85. The summed E-state index contributed by atoms with van der Waals surface area (Å²) < 4.78 is 5.87. The average molecular weight is 251 g/mol. The van der Waals surface area contributed by atoms with Crippen LogP contribution in [0.2, 0.25) is 0 Å². The fraction of sp³-hybridized carbons (Fsp3) is 0.571. The molecule has 0 aliphatic carbocycles. The maximum atomic E-state index is 5.87. The Hall–Kier alpha value is -0.670. The van der Waals surface area contributed by atoms with E-state index < -0.39 is 0 Å². The van der Waals surface area contributed by atoms with Crippen molar-refractivity contribution in [2.24, 2.45) is 0 Å². The summed E-state index contributed by atoms with van der Waals surface area (Å²) in [5.41, 5.74) is 2.66. The van der Waals surface area contributed by atoms with E-state index in [0.29, 0.717) is 0 Å². The van der Waals surface area contributed by atoms with Gasteiger partial charge >= 0.3 is 0 Å². The second kappa shape index (κ2) is 5.32. The van der Waals surface area contributed by atoms with Crippen LogP contribution in [-0.2, 0) is 13.0 Å².